The van der Waals surface area contributed by atoms with Gasteiger partial charge < -0.3 is 10.3 Å². The van der Waals surface area contributed by atoms with Crippen LogP contribution in [0.4, 0.5) is 5.69 Å². The van der Waals surface area contributed by atoms with E-state index in [4.69, 9.17) is 10.7 Å². The van der Waals surface area contributed by atoms with E-state index < -0.39 is 0 Å². The number of hydrogen-bond acceptors (Lipinski definition) is 3. The number of aromatic nitrogens is 2. The fourth-order valence-electron chi connectivity index (χ4n) is 4.29. The van der Waals surface area contributed by atoms with Gasteiger partial charge in [-0.3, -0.25) is 4.90 Å². The van der Waals surface area contributed by atoms with Gasteiger partial charge in [0.1, 0.15) is 5.82 Å². The van der Waals surface area contributed by atoms with Crippen LogP contribution in [0.3, 0.4) is 0 Å². The Kier molecular flexibility index (Phi) is 3.14. The largest absolute Gasteiger partial charge is 0.399 e. The molecule has 2 aliphatic rings. The summed E-state index contributed by atoms with van der Waals surface area (Å²) >= 11 is 0. The van der Waals surface area contributed by atoms with Gasteiger partial charge in [0.15, 0.2) is 0 Å². The summed E-state index contributed by atoms with van der Waals surface area (Å²) in [5.41, 5.74) is 9.08. The summed E-state index contributed by atoms with van der Waals surface area (Å²) in [6.07, 6.45) is 6.14. The maximum absolute atomic E-state index is 5.94. The summed E-state index contributed by atoms with van der Waals surface area (Å²) in [6, 6.07) is 7.51. The highest BCUT2D eigenvalue weighted by atomic mass is 15.3. The Morgan fingerprint density at radius 1 is 1.24 bits per heavy atom. The molecule has 21 heavy (non-hydrogen) atoms. The number of benzene rings is 1. The summed E-state index contributed by atoms with van der Waals surface area (Å²) in [5, 5.41) is 0. The molecule has 0 radical (unpaired) electrons. The van der Waals surface area contributed by atoms with Crippen molar-refractivity contribution in [3.05, 3.63) is 24.0 Å². The van der Waals surface area contributed by atoms with E-state index in [1.54, 1.807) is 0 Å². The minimum Gasteiger partial charge on any atom is -0.399 e. The molecule has 2 fully saturated rings. The first-order valence-electron chi connectivity index (χ1n) is 8.28. The molecule has 2 aliphatic heterocycles. The van der Waals surface area contributed by atoms with Crippen LogP contribution in [0.15, 0.2) is 18.2 Å². The molecule has 1 aromatic heterocycles. The van der Waals surface area contributed by atoms with Crippen molar-refractivity contribution < 1.29 is 0 Å². The van der Waals surface area contributed by atoms with E-state index in [-0.39, 0.29) is 0 Å². The van der Waals surface area contributed by atoms with Gasteiger partial charge in [0.25, 0.3) is 0 Å². The molecule has 4 heteroatoms. The molecule has 112 valence electrons. The first-order valence-corrected chi connectivity index (χ1v) is 8.28. The molecule has 0 amide bonds. The number of anilines is 1. The van der Waals surface area contributed by atoms with Crippen LogP contribution in [0.5, 0.6) is 0 Å². The fourth-order valence-corrected chi connectivity index (χ4v) is 4.29. The van der Waals surface area contributed by atoms with Gasteiger partial charge in [-0.05, 0) is 50.4 Å². The quantitative estimate of drug-likeness (QED) is 0.881. The van der Waals surface area contributed by atoms with Crippen LogP contribution in [-0.2, 0) is 6.42 Å². The van der Waals surface area contributed by atoms with Gasteiger partial charge in [0.2, 0.25) is 0 Å². The van der Waals surface area contributed by atoms with Crippen LogP contribution in [-0.4, -0.2) is 33.6 Å². The second-order valence-electron chi connectivity index (χ2n) is 6.50. The molecule has 3 heterocycles. The number of aryl methyl sites for hydroxylation is 1. The summed E-state index contributed by atoms with van der Waals surface area (Å²) in [7, 11) is 0. The van der Waals surface area contributed by atoms with E-state index in [0.29, 0.717) is 6.04 Å². The van der Waals surface area contributed by atoms with E-state index in [9.17, 15) is 0 Å². The van der Waals surface area contributed by atoms with Gasteiger partial charge in [0.05, 0.1) is 17.1 Å². The molecule has 2 aromatic rings. The fraction of sp³-hybridized carbons (Fsp3) is 0.588. The van der Waals surface area contributed by atoms with E-state index in [1.165, 1.54) is 43.7 Å². The Morgan fingerprint density at radius 2 is 2.14 bits per heavy atom. The average molecular weight is 284 g/mol. The Morgan fingerprint density at radius 3 is 3.00 bits per heavy atom. The van der Waals surface area contributed by atoms with Crippen LogP contribution in [0.2, 0.25) is 0 Å². The number of nitrogens with two attached hydrogens (primary N) is 1. The predicted octanol–water partition coefficient (Wildman–Crippen LogP) is 2.98. The molecule has 1 aromatic carbocycles. The highest BCUT2D eigenvalue weighted by Gasteiger charge is 2.39. The number of hydrogen-bond donors (Lipinski definition) is 1. The van der Waals surface area contributed by atoms with Gasteiger partial charge in [-0.15, -0.1) is 0 Å². The molecule has 0 bridgehead atoms. The summed E-state index contributed by atoms with van der Waals surface area (Å²) in [4.78, 5) is 7.56. The smallest absolute Gasteiger partial charge is 0.110 e. The van der Waals surface area contributed by atoms with Gasteiger partial charge >= 0.3 is 0 Å². The predicted molar refractivity (Wildman–Crippen MR) is 86.4 cm³/mol. The molecular weight excluding hydrogens is 260 g/mol. The molecule has 0 saturated carbocycles. The summed E-state index contributed by atoms with van der Waals surface area (Å²) in [5.74, 6) is 1.25. The van der Waals surface area contributed by atoms with Gasteiger partial charge in [-0.2, -0.15) is 0 Å². The Balaban J connectivity index is 1.83. The third-order valence-electron chi connectivity index (χ3n) is 5.16. The van der Waals surface area contributed by atoms with Crippen molar-refractivity contribution in [2.75, 3.05) is 18.8 Å². The minimum atomic E-state index is 0.600. The molecule has 2 atom stereocenters. The first kappa shape index (κ1) is 13.1. The number of fused-ring (bicyclic) bond motifs is 2. The van der Waals surface area contributed by atoms with Crippen LogP contribution in [0, 0.1) is 0 Å². The molecular formula is C17H24N4. The van der Waals surface area contributed by atoms with Crippen LogP contribution in [0.25, 0.3) is 11.0 Å². The van der Waals surface area contributed by atoms with E-state index in [1.807, 2.05) is 12.1 Å². The lowest BCUT2D eigenvalue weighted by molar-refractivity contribution is 0.290. The van der Waals surface area contributed by atoms with Crippen molar-refractivity contribution in [2.24, 2.45) is 0 Å². The zero-order valence-electron chi connectivity index (χ0n) is 12.8. The summed E-state index contributed by atoms with van der Waals surface area (Å²) < 4.78 is 2.54. The number of rotatable bonds is 3. The van der Waals surface area contributed by atoms with Crippen molar-refractivity contribution in [2.45, 2.75) is 51.1 Å². The zero-order valence-corrected chi connectivity index (χ0v) is 12.8. The Labute approximate surface area is 125 Å². The van der Waals surface area contributed by atoms with Crippen LogP contribution < -0.4 is 5.73 Å². The Hall–Kier alpha value is -1.55. The molecule has 2 saturated heterocycles. The molecule has 0 spiro atoms. The third-order valence-corrected chi connectivity index (χ3v) is 5.16. The second-order valence-corrected chi connectivity index (χ2v) is 6.50. The van der Waals surface area contributed by atoms with Gasteiger partial charge in [-0.25, -0.2) is 4.98 Å². The lowest BCUT2D eigenvalue weighted by Gasteiger charge is -2.24. The standard InChI is InChI=1S/C17H24N4/c1-2-4-17-19-13-11-12(18)6-7-14(13)21(17)16-8-10-20-9-3-5-15(16)20/h6-7,11,15-16H,2-5,8-10,18H2,1H3. The lowest BCUT2D eigenvalue weighted by atomic mass is 10.1. The lowest BCUT2D eigenvalue weighted by Crippen LogP contribution is -2.28. The normalized spacial score (nSPS) is 25.8. The highest BCUT2D eigenvalue weighted by Crippen LogP contribution is 2.38. The van der Waals surface area contributed by atoms with Crippen molar-refractivity contribution in [3.63, 3.8) is 0 Å². The zero-order chi connectivity index (χ0) is 14.4. The molecule has 2 unspecified atom stereocenters. The van der Waals surface area contributed by atoms with Crippen LogP contribution >= 0.6 is 0 Å². The molecule has 4 rings (SSSR count). The maximum atomic E-state index is 5.94. The van der Waals surface area contributed by atoms with Crippen molar-refractivity contribution in [1.29, 1.82) is 0 Å². The number of nitrogen functional groups attached to an aromatic ring is 1. The van der Waals surface area contributed by atoms with Crippen LogP contribution in [0.1, 0.15) is 44.5 Å². The monoisotopic (exact) mass is 284 g/mol. The topological polar surface area (TPSA) is 47.1 Å². The average Bonchev–Trinajstić information content (AvgIpc) is 3.12. The van der Waals surface area contributed by atoms with Crippen molar-refractivity contribution in [3.8, 4) is 0 Å². The number of imidazole rings is 1. The first-order chi connectivity index (χ1) is 10.3. The molecule has 2 N–H and O–H groups in total. The minimum absolute atomic E-state index is 0.600. The van der Waals surface area contributed by atoms with E-state index in [2.05, 4.69) is 22.5 Å². The van der Waals surface area contributed by atoms with Gasteiger partial charge in [-0.1, -0.05) is 6.92 Å². The van der Waals surface area contributed by atoms with E-state index in [0.717, 1.165) is 30.1 Å². The number of nitrogens with zero attached hydrogens (tertiary/aromatic N) is 3. The molecule has 0 aliphatic carbocycles. The SMILES string of the molecule is CCCc1nc2cc(N)ccc2n1C1CCN2CCCC12. The second kappa shape index (κ2) is 5.02. The Bertz CT molecular complexity index is 660. The van der Waals surface area contributed by atoms with Gasteiger partial charge in [0, 0.05) is 24.7 Å². The summed E-state index contributed by atoms with van der Waals surface area (Å²) in [6.45, 7) is 4.76. The van der Waals surface area contributed by atoms with Crippen molar-refractivity contribution >= 4 is 16.7 Å². The highest BCUT2D eigenvalue weighted by molar-refractivity contribution is 5.80. The van der Waals surface area contributed by atoms with Crippen molar-refractivity contribution in [1.82, 2.24) is 14.5 Å². The third kappa shape index (κ3) is 2.04. The molecule has 4 nitrogen and oxygen atoms in total. The maximum Gasteiger partial charge on any atom is 0.110 e. The van der Waals surface area contributed by atoms with E-state index >= 15 is 0 Å².